The second-order valence-corrected chi connectivity index (χ2v) is 18.3. The fraction of sp³-hybridized carbons (Fsp3) is 0.302. The maximum atomic E-state index is 6.53. The second-order valence-electron chi connectivity index (χ2n) is 18.3. The van der Waals surface area contributed by atoms with E-state index in [0.29, 0.717) is 5.41 Å². The number of hydrogen-bond acceptors (Lipinski definition) is 4. The summed E-state index contributed by atoms with van der Waals surface area (Å²) in [7, 11) is 0. The molecule has 8 aromatic rings. The van der Waals surface area contributed by atoms with Crippen LogP contribution in [-0.4, -0.2) is 15.0 Å². The van der Waals surface area contributed by atoms with Crippen molar-refractivity contribution in [1.29, 1.82) is 0 Å². The van der Waals surface area contributed by atoms with Gasteiger partial charge < -0.3 is 14.4 Å². The van der Waals surface area contributed by atoms with E-state index >= 15 is 0 Å². The molecule has 0 unspecified atom stereocenters. The van der Waals surface area contributed by atoms with Crippen LogP contribution in [0.15, 0.2) is 95.7 Å². The van der Waals surface area contributed by atoms with E-state index in [2.05, 4.69) is 171 Å². The molecule has 0 saturated heterocycles. The van der Waals surface area contributed by atoms with Gasteiger partial charge in [-0.3, -0.25) is 4.98 Å². The third kappa shape index (κ3) is 9.33. The second kappa shape index (κ2) is 16.7. The third-order valence-corrected chi connectivity index (χ3v) is 10.7. The normalized spacial score (nSPS) is 11.8. The van der Waals surface area contributed by atoms with Crippen LogP contribution in [0.4, 0.5) is 0 Å². The van der Waals surface area contributed by atoms with Crippen LogP contribution >= 0.6 is 0 Å². The minimum absolute atomic E-state index is 0. The van der Waals surface area contributed by atoms with Crippen LogP contribution in [0.1, 0.15) is 86.3 Å². The average molecular weight is 942 g/mol. The Hall–Kier alpha value is -4.96. The monoisotopic (exact) mass is 942 g/mol. The van der Waals surface area contributed by atoms with E-state index in [1.807, 2.05) is 25.4 Å². The molecule has 0 saturated carbocycles. The number of fused-ring (bicyclic) bond motifs is 5. The fourth-order valence-corrected chi connectivity index (χ4v) is 7.71. The van der Waals surface area contributed by atoms with Crippen LogP contribution < -0.4 is 0 Å². The number of aromatic nitrogens is 3. The van der Waals surface area contributed by atoms with Gasteiger partial charge in [-0.05, 0) is 98.0 Å². The predicted molar refractivity (Wildman–Crippen MR) is 240 cm³/mol. The Kier molecular flexibility index (Phi) is 12.3. The van der Waals surface area contributed by atoms with Crippen LogP contribution in [0.3, 0.4) is 0 Å². The van der Waals surface area contributed by atoms with Gasteiger partial charge in [0.15, 0.2) is 0 Å². The van der Waals surface area contributed by atoms with Crippen molar-refractivity contribution >= 4 is 32.7 Å². The molecule has 0 amide bonds. The summed E-state index contributed by atoms with van der Waals surface area (Å²) in [6, 6.07) is 34.9. The summed E-state index contributed by atoms with van der Waals surface area (Å²) in [5.74, 6) is 0. The van der Waals surface area contributed by atoms with E-state index in [1.165, 1.54) is 44.5 Å². The molecule has 8 rings (SSSR count). The molecule has 0 aliphatic carbocycles. The molecule has 0 fully saturated rings. The van der Waals surface area contributed by atoms with Crippen molar-refractivity contribution in [3.05, 3.63) is 148 Å². The molecule has 0 atom stereocenters. The summed E-state index contributed by atoms with van der Waals surface area (Å²) in [6.45, 7) is 26.2. The summed E-state index contributed by atoms with van der Waals surface area (Å²) in [5.41, 5.74) is 18.3. The molecule has 1 radical (unpaired) electrons. The molecular formula is C53H55IrN3O-2. The van der Waals surface area contributed by atoms with Gasteiger partial charge in [0.25, 0.3) is 0 Å². The van der Waals surface area contributed by atoms with Crippen molar-refractivity contribution in [2.45, 2.75) is 95.9 Å². The topological polar surface area (TPSA) is 51.8 Å². The molecule has 0 bridgehead atoms. The first kappa shape index (κ1) is 42.6. The van der Waals surface area contributed by atoms with E-state index in [4.69, 9.17) is 9.40 Å². The Morgan fingerprint density at radius 1 is 0.586 bits per heavy atom. The Morgan fingerprint density at radius 2 is 1.24 bits per heavy atom. The summed E-state index contributed by atoms with van der Waals surface area (Å²) < 4.78 is 6.53. The molecule has 0 N–H and O–H groups in total. The van der Waals surface area contributed by atoms with Crippen LogP contribution in [0.2, 0.25) is 0 Å². The molecule has 4 nitrogen and oxygen atoms in total. The Bertz CT molecular complexity index is 2760. The minimum Gasteiger partial charge on any atom is -0.500 e. The molecule has 0 spiro atoms. The quantitative estimate of drug-likeness (QED) is 0.161. The maximum Gasteiger partial charge on any atom is 0.128 e. The van der Waals surface area contributed by atoms with Crippen molar-refractivity contribution in [3.63, 3.8) is 0 Å². The number of hydrogen-bond donors (Lipinski definition) is 0. The van der Waals surface area contributed by atoms with Crippen molar-refractivity contribution < 1.29 is 24.5 Å². The van der Waals surface area contributed by atoms with E-state index in [9.17, 15) is 0 Å². The first-order valence-corrected chi connectivity index (χ1v) is 20.1. The number of nitrogens with zero attached hydrogens (tertiary/aromatic N) is 3. The summed E-state index contributed by atoms with van der Waals surface area (Å²) >= 11 is 0. The number of rotatable bonds is 5. The van der Waals surface area contributed by atoms with Crippen LogP contribution in [0, 0.1) is 64.5 Å². The smallest absolute Gasteiger partial charge is 0.128 e. The van der Waals surface area contributed by atoms with Gasteiger partial charge in [0.2, 0.25) is 0 Å². The molecule has 299 valence electrons. The van der Waals surface area contributed by atoms with Gasteiger partial charge in [-0.2, -0.15) is 0 Å². The van der Waals surface area contributed by atoms with Crippen LogP contribution in [0.5, 0.6) is 0 Å². The summed E-state index contributed by atoms with van der Waals surface area (Å²) in [4.78, 5) is 14.0. The van der Waals surface area contributed by atoms with Gasteiger partial charge in [-0.1, -0.05) is 125 Å². The molecular weight excluding hydrogens is 887 g/mol. The number of furan rings is 1. The summed E-state index contributed by atoms with van der Waals surface area (Å²) in [5, 5.41) is 4.45. The van der Waals surface area contributed by atoms with Crippen molar-refractivity contribution in [1.82, 2.24) is 15.0 Å². The first-order chi connectivity index (χ1) is 26.9. The predicted octanol–water partition coefficient (Wildman–Crippen LogP) is 14.2. The Morgan fingerprint density at radius 3 is 1.93 bits per heavy atom. The van der Waals surface area contributed by atoms with Gasteiger partial charge in [0.1, 0.15) is 5.58 Å². The van der Waals surface area contributed by atoms with Gasteiger partial charge in [-0.25, -0.2) is 0 Å². The number of pyridine rings is 3. The van der Waals surface area contributed by atoms with Gasteiger partial charge in [0.05, 0.1) is 5.58 Å². The SMILES string of the molecule is Cc1cc2c(ccc3c4cc[c-]c(-c5cc(CC(C)(C)C)c(C)cn5)c4oc23)c(C)n1.Cc1cnc(-c2[c-]cc(C)c(-c3ccc(CC(C)(C)C)cc3)c2)cc1C.[Ir]. The average Bonchev–Trinajstić information content (AvgIpc) is 3.53. The molecule has 58 heavy (non-hydrogen) atoms. The van der Waals surface area contributed by atoms with E-state index in [1.54, 1.807) is 0 Å². The van der Waals surface area contributed by atoms with Gasteiger partial charge >= 0.3 is 0 Å². The standard InChI is InChI=1S/C28H27N2O.C25H28N.Ir/c1-16-15-29-25(13-19(16)14-28(4,5)6)23-9-7-8-21-22-11-10-20-18(3)30-17(2)12-24(20)27(22)31-26(21)23;1-17-7-10-22(24-13-18(2)19(3)16-26-24)14-23(17)21-11-8-20(9-12-21)15-25(4,5)6;/h7-8,10-13,15H,14H2,1-6H3;7-9,11-14,16H,15H2,1-6H3;/q2*-1;. The minimum atomic E-state index is 0. The molecule has 4 aromatic carbocycles. The van der Waals surface area contributed by atoms with Crippen molar-refractivity contribution in [2.24, 2.45) is 10.8 Å². The maximum absolute atomic E-state index is 6.53. The van der Waals surface area contributed by atoms with E-state index in [0.717, 1.165) is 79.5 Å². The molecule has 4 heterocycles. The largest absolute Gasteiger partial charge is 0.500 e. The number of aryl methyl sites for hydroxylation is 6. The van der Waals surface area contributed by atoms with E-state index in [-0.39, 0.29) is 25.5 Å². The fourth-order valence-electron chi connectivity index (χ4n) is 7.71. The zero-order valence-corrected chi connectivity index (χ0v) is 38.6. The van der Waals surface area contributed by atoms with E-state index < -0.39 is 0 Å². The Labute approximate surface area is 358 Å². The summed E-state index contributed by atoms with van der Waals surface area (Å²) in [6.07, 6.45) is 6.01. The zero-order chi connectivity index (χ0) is 40.8. The van der Waals surface area contributed by atoms with Crippen LogP contribution in [0.25, 0.3) is 66.4 Å². The molecule has 0 aliphatic rings. The van der Waals surface area contributed by atoms with Gasteiger partial charge in [0, 0.05) is 60.0 Å². The zero-order valence-electron chi connectivity index (χ0n) is 36.2. The first-order valence-electron chi connectivity index (χ1n) is 20.1. The van der Waals surface area contributed by atoms with Crippen molar-refractivity contribution in [3.8, 4) is 33.6 Å². The number of benzene rings is 4. The van der Waals surface area contributed by atoms with Crippen LogP contribution in [-0.2, 0) is 32.9 Å². The Balaban J connectivity index is 0.000000195. The molecule has 4 aromatic heterocycles. The van der Waals surface area contributed by atoms with Crippen molar-refractivity contribution in [2.75, 3.05) is 0 Å². The third-order valence-electron chi connectivity index (χ3n) is 10.7. The molecule has 5 heteroatoms. The van der Waals surface area contributed by atoms with Gasteiger partial charge in [-0.15, -0.1) is 47.5 Å². The molecule has 0 aliphatic heterocycles.